The topological polar surface area (TPSA) is 116 Å². The Bertz CT molecular complexity index is 2170. The highest BCUT2D eigenvalue weighted by Gasteiger charge is 2.29. The number of anilines is 1. The van der Waals surface area contributed by atoms with E-state index in [0.29, 0.717) is 45.2 Å². The van der Waals surface area contributed by atoms with Crippen LogP contribution in [0.5, 0.6) is 11.5 Å². The number of carbonyl (C=O) groups is 1. The van der Waals surface area contributed by atoms with Crippen molar-refractivity contribution in [1.29, 1.82) is 0 Å². The molecule has 0 atom stereocenters. The van der Waals surface area contributed by atoms with E-state index in [1.165, 1.54) is 10.4 Å². The van der Waals surface area contributed by atoms with Crippen LogP contribution >= 0.6 is 11.6 Å². The standard InChI is InChI=1S/C38H36ClN5O5S/c1-26-8-9-29(21-40-26)22-43-25-34-36(42-43)19-31(41-38(45)18-30-6-4-5-7-35(30)39)20-37(34)50(46,47)44(23-27-10-14-32(48-2)15-11-27)24-28-12-16-33(49-3)17-13-28/h4-17,19-21,25H,18,22-24H2,1-3H3,(H,41,45). The highest BCUT2D eigenvalue weighted by atomic mass is 35.5. The number of amides is 1. The zero-order chi connectivity index (χ0) is 35.3. The van der Waals surface area contributed by atoms with Gasteiger partial charge in [0.25, 0.3) is 0 Å². The van der Waals surface area contributed by atoms with E-state index in [9.17, 15) is 13.2 Å². The van der Waals surface area contributed by atoms with Gasteiger partial charge < -0.3 is 14.8 Å². The second-order valence-electron chi connectivity index (χ2n) is 11.8. The van der Waals surface area contributed by atoms with Crippen LogP contribution in [0.2, 0.25) is 5.02 Å². The minimum Gasteiger partial charge on any atom is -0.497 e. The summed E-state index contributed by atoms with van der Waals surface area (Å²) in [6.45, 7) is 2.43. The van der Waals surface area contributed by atoms with Gasteiger partial charge in [0.05, 0.1) is 37.6 Å². The van der Waals surface area contributed by atoms with E-state index in [4.69, 9.17) is 26.2 Å². The number of rotatable bonds is 13. The Labute approximate surface area is 296 Å². The highest BCUT2D eigenvalue weighted by molar-refractivity contribution is 7.89. The first-order valence-electron chi connectivity index (χ1n) is 15.8. The van der Waals surface area contributed by atoms with Gasteiger partial charge in [-0.3, -0.25) is 14.5 Å². The van der Waals surface area contributed by atoms with Gasteiger partial charge in [-0.05, 0) is 77.7 Å². The van der Waals surface area contributed by atoms with Gasteiger partial charge in [-0.15, -0.1) is 0 Å². The van der Waals surface area contributed by atoms with Gasteiger partial charge in [0.2, 0.25) is 15.9 Å². The number of benzene rings is 4. The van der Waals surface area contributed by atoms with Crippen molar-refractivity contribution in [3.05, 3.63) is 142 Å². The monoisotopic (exact) mass is 709 g/mol. The van der Waals surface area contributed by atoms with Crippen LogP contribution < -0.4 is 14.8 Å². The summed E-state index contributed by atoms with van der Waals surface area (Å²) in [5, 5.41) is 8.52. The van der Waals surface area contributed by atoms with Crippen LogP contribution in [-0.4, -0.2) is 47.6 Å². The number of sulfonamides is 1. The molecule has 0 fully saturated rings. The Kier molecular flexibility index (Phi) is 10.5. The van der Waals surface area contributed by atoms with Crippen molar-refractivity contribution in [3.8, 4) is 11.5 Å². The third-order valence-corrected chi connectivity index (χ3v) is 10.4. The van der Waals surface area contributed by atoms with Crippen molar-refractivity contribution in [3.63, 3.8) is 0 Å². The summed E-state index contributed by atoms with van der Waals surface area (Å²) in [6.07, 6.45) is 3.50. The third kappa shape index (κ3) is 8.14. The molecule has 0 spiro atoms. The number of nitrogens with zero attached hydrogens (tertiary/aromatic N) is 4. The van der Waals surface area contributed by atoms with Crippen LogP contribution in [0.1, 0.15) is 27.9 Å². The number of aromatic nitrogens is 3. The summed E-state index contributed by atoms with van der Waals surface area (Å²) >= 11 is 6.32. The Morgan fingerprint density at radius 1 is 0.860 bits per heavy atom. The largest absolute Gasteiger partial charge is 0.497 e. The second-order valence-corrected chi connectivity index (χ2v) is 14.1. The number of methoxy groups -OCH3 is 2. The number of ether oxygens (including phenoxy) is 2. The second kappa shape index (κ2) is 15.1. The molecule has 2 heterocycles. The van der Waals surface area contributed by atoms with Crippen molar-refractivity contribution in [1.82, 2.24) is 19.1 Å². The number of hydrogen-bond donors (Lipinski definition) is 1. The zero-order valence-electron chi connectivity index (χ0n) is 27.8. The van der Waals surface area contributed by atoms with E-state index in [0.717, 1.165) is 22.4 Å². The summed E-state index contributed by atoms with van der Waals surface area (Å²) < 4.78 is 43.5. The van der Waals surface area contributed by atoms with Crippen molar-refractivity contribution in [2.24, 2.45) is 0 Å². The fraction of sp³-hybridized carbons (Fsp3) is 0.184. The van der Waals surface area contributed by atoms with Crippen molar-refractivity contribution < 1.29 is 22.7 Å². The first kappa shape index (κ1) is 34.6. The Morgan fingerprint density at radius 3 is 2.06 bits per heavy atom. The molecule has 10 nitrogen and oxygen atoms in total. The normalized spacial score (nSPS) is 11.5. The van der Waals surface area contributed by atoms with E-state index < -0.39 is 10.0 Å². The van der Waals surface area contributed by atoms with E-state index in [1.807, 2.05) is 49.4 Å². The van der Waals surface area contributed by atoms with E-state index in [-0.39, 0.29) is 30.3 Å². The smallest absolute Gasteiger partial charge is 0.244 e. The Hall–Kier alpha value is -5.23. The molecule has 0 bridgehead atoms. The van der Waals surface area contributed by atoms with E-state index >= 15 is 0 Å². The number of hydrogen-bond acceptors (Lipinski definition) is 7. The lowest BCUT2D eigenvalue weighted by Crippen LogP contribution is -2.30. The molecule has 0 saturated carbocycles. The Morgan fingerprint density at radius 2 is 1.48 bits per heavy atom. The van der Waals surface area contributed by atoms with E-state index in [2.05, 4.69) is 10.3 Å². The van der Waals surface area contributed by atoms with Crippen molar-refractivity contribution in [2.45, 2.75) is 37.9 Å². The van der Waals surface area contributed by atoms with Crippen LogP contribution in [0.3, 0.4) is 0 Å². The van der Waals surface area contributed by atoms with Gasteiger partial charge in [-0.25, -0.2) is 8.42 Å². The molecule has 0 unspecified atom stereocenters. The lowest BCUT2D eigenvalue weighted by molar-refractivity contribution is -0.115. The summed E-state index contributed by atoms with van der Waals surface area (Å²) in [7, 11) is -1.05. The summed E-state index contributed by atoms with van der Waals surface area (Å²) in [6, 6.07) is 28.7. The number of fused-ring (bicyclic) bond motifs is 1. The van der Waals surface area contributed by atoms with E-state index in [1.54, 1.807) is 79.8 Å². The van der Waals surface area contributed by atoms with Gasteiger partial charge in [-0.2, -0.15) is 9.40 Å². The molecule has 6 aromatic rings. The number of carbonyl (C=O) groups excluding carboxylic acids is 1. The first-order valence-corrected chi connectivity index (χ1v) is 17.6. The van der Waals surface area contributed by atoms with Crippen LogP contribution in [0, 0.1) is 6.92 Å². The minimum atomic E-state index is -4.21. The number of aryl methyl sites for hydroxylation is 1. The Balaban J connectivity index is 1.42. The molecule has 6 rings (SSSR count). The predicted molar refractivity (Wildman–Crippen MR) is 194 cm³/mol. The predicted octanol–water partition coefficient (Wildman–Crippen LogP) is 7.03. The van der Waals surface area contributed by atoms with Gasteiger partial charge in [0.15, 0.2) is 0 Å². The van der Waals surface area contributed by atoms with Gasteiger partial charge in [0.1, 0.15) is 11.5 Å². The molecule has 0 aliphatic carbocycles. The summed E-state index contributed by atoms with van der Waals surface area (Å²) in [5.74, 6) is 0.979. The first-order chi connectivity index (χ1) is 24.1. The summed E-state index contributed by atoms with van der Waals surface area (Å²) in [5.41, 5.74) is 4.69. The molecule has 256 valence electrons. The zero-order valence-corrected chi connectivity index (χ0v) is 29.4. The van der Waals surface area contributed by atoms with Crippen molar-refractivity contribution in [2.75, 3.05) is 19.5 Å². The highest BCUT2D eigenvalue weighted by Crippen LogP contribution is 2.32. The van der Waals surface area contributed by atoms with Gasteiger partial charge >= 0.3 is 0 Å². The lowest BCUT2D eigenvalue weighted by atomic mass is 10.1. The number of halogens is 1. The van der Waals surface area contributed by atoms with Gasteiger partial charge in [0, 0.05) is 47.3 Å². The summed E-state index contributed by atoms with van der Waals surface area (Å²) in [4.78, 5) is 17.6. The average molecular weight is 710 g/mol. The maximum Gasteiger partial charge on any atom is 0.244 e. The quantitative estimate of drug-likeness (QED) is 0.137. The van der Waals surface area contributed by atoms with Crippen LogP contribution in [0.25, 0.3) is 10.9 Å². The molecular weight excluding hydrogens is 674 g/mol. The van der Waals surface area contributed by atoms with Crippen LogP contribution in [0.15, 0.2) is 114 Å². The molecule has 1 amide bonds. The molecule has 0 saturated heterocycles. The molecular formula is C38H36ClN5O5S. The fourth-order valence-corrected chi connectivity index (χ4v) is 7.37. The maximum absolute atomic E-state index is 14.9. The molecule has 1 N–H and O–H groups in total. The lowest BCUT2D eigenvalue weighted by Gasteiger charge is -2.23. The molecule has 12 heteroatoms. The molecule has 0 radical (unpaired) electrons. The fourth-order valence-electron chi connectivity index (χ4n) is 5.54. The van der Waals surface area contributed by atoms with Crippen LogP contribution in [-0.2, 0) is 40.9 Å². The number of nitrogens with one attached hydrogen (secondary N) is 1. The molecule has 0 aliphatic heterocycles. The minimum absolute atomic E-state index is 0.00965. The average Bonchev–Trinajstić information content (AvgIpc) is 3.52. The maximum atomic E-state index is 14.9. The van der Waals surface area contributed by atoms with Crippen molar-refractivity contribution >= 4 is 44.1 Å². The molecule has 2 aromatic heterocycles. The third-order valence-electron chi connectivity index (χ3n) is 8.20. The number of pyridine rings is 1. The SMILES string of the molecule is COc1ccc(CN(Cc2ccc(OC)cc2)S(=O)(=O)c2cc(NC(=O)Cc3ccccc3Cl)cc3nn(Cc4ccc(C)nc4)cc23)cc1. The molecule has 4 aromatic carbocycles. The van der Waals surface area contributed by atoms with Crippen LogP contribution in [0.4, 0.5) is 5.69 Å². The molecule has 0 aliphatic rings. The van der Waals surface area contributed by atoms with Gasteiger partial charge in [-0.1, -0.05) is 60.1 Å². The molecule has 50 heavy (non-hydrogen) atoms.